The van der Waals surface area contributed by atoms with Crippen molar-refractivity contribution in [2.24, 2.45) is 0 Å². The third kappa shape index (κ3) is 2.63. The third-order valence-corrected chi connectivity index (χ3v) is 4.62. The van der Waals surface area contributed by atoms with Crippen LogP contribution in [0.4, 0.5) is 0 Å². The number of aromatic nitrogens is 4. The number of benzene rings is 2. The maximum Gasteiger partial charge on any atom is 0.200 e. The molecule has 4 aromatic rings. The van der Waals surface area contributed by atoms with Crippen molar-refractivity contribution in [2.45, 2.75) is 0 Å². The van der Waals surface area contributed by atoms with Crippen LogP contribution in [0.1, 0.15) is 0 Å². The quantitative estimate of drug-likeness (QED) is 0.433. The summed E-state index contributed by atoms with van der Waals surface area (Å²) in [5.41, 5.74) is 2.82. The van der Waals surface area contributed by atoms with Crippen LogP contribution in [-0.4, -0.2) is 19.7 Å². The second-order valence-corrected chi connectivity index (χ2v) is 6.82. The molecule has 0 aliphatic heterocycles. The summed E-state index contributed by atoms with van der Waals surface area (Å²) in [6.45, 7) is 0. The molecule has 0 fully saturated rings. The van der Waals surface area contributed by atoms with Gasteiger partial charge in [0.15, 0.2) is 10.6 Å². The van der Waals surface area contributed by atoms with E-state index in [-0.39, 0.29) is 0 Å². The third-order valence-electron chi connectivity index (χ3n) is 3.58. The Balaban J connectivity index is 1.91. The Labute approximate surface area is 150 Å². The Kier molecular flexibility index (Phi) is 3.60. The highest BCUT2D eigenvalue weighted by Gasteiger charge is 2.13. The fraction of sp³-hybridized carbons (Fsp3) is 0. The Morgan fingerprint density at radius 2 is 1.87 bits per heavy atom. The molecule has 0 saturated heterocycles. The first kappa shape index (κ1) is 14.7. The van der Waals surface area contributed by atoms with E-state index >= 15 is 0 Å². The molecule has 0 aliphatic carbocycles. The SMILES string of the molecule is S=c1[nH]nc(-c2cc3cc(Cl)ccc3[nH]2)n1-c1ccc(Br)cc1. The fourth-order valence-electron chi connectivity index (χ4n) is 2.53. The van der Waals surface area contributed by atoms with Crippen molar-refractivity contribution in [2.75, 3.05) is 0 Å². The van der Waals surface area contributed by atoms with Gasteiger partial charge in [-0.05, 0) is 60.7 Å². The van der Waals surface area contributed by atoms with Crippen LogP contribution in [0.25, 0.3) is 28.1 Å². The first-order chi connectivity index (χ1) is 11.1. The highest BCUT2D eigenvalue weighted by atomic mass is 79.9. The molecule has 0 radical (unpaired) electrons. The molecule has 2 aromatic carbocycles. The number of rotatable bonds is 2. The highest BCUT2D eigenvalue weighted by molar-refractivity contribution is 9.10. The summed E-state index contributed by atoms with van der Waals surface area (Å²) in [4.78, 5) is 3.36. The molecule has 0 amide bonds. The molecule has 7 heteroatoms. The zero-order chi connectivity index (χ0) is 16.0. The van der Waals surface area contributed by atoms with Crippen molar-refractivity contribution < 1.29 is 0 Å². The highest BCUT2D eigenvalue weighted by Crippen LogP contribution is 2.27. The number of hydrogen-bond acceptors (Lipinski definition) is 2. The van der Waals surface area contributed by atoms with E-state index < -0.39 is 0 Å². The van der Waals surface area contributed by atoms with E-state index in [2.05, 4.69) is 31.1 Å². The van der Waals surface area contributed by atoms with Crippen LogP contribution < -0.4 is 0 Å². The lowest BCUT2D eigenvalue weighted by atomic mass is 10.2. The van der Waals surface area contributed by atoms with Crippen molar-refractivity contribution in [1.82, 2.24) is 19.7 Å². The minimum absolute atomic E-state index is 0.541. The molecule has 2 N–H and O–H groups in total. The second kappa shape index (κ2) is 5.63. The lowest BCUT2D eigenvalue weighted by Crippen LogP contribution is -1.97. The van der Waals surface area contributed by atoms with Gasteiger partial charge in [0.05, 0.1) is 11.4 Å². The second-order valence-electron chi connectivity index (χ2n) is 5.08. The molecular formula is C16H10BrClN4S. The molecule has 0 aliphatic rings. The molecule has 0 saturated carbocycles. The fourth-order valence-corrected chi connectivity index (χ4v) is 3.21. The van der Waals surface area contributed by atoms with Gasteiger partial charge in [-0.1, -0.05) is 27.5 Å². The molecular weight excluding hydrogens is 396 g/mol. The van der Waals surface area contributed by atoms with Gasteiger partial charge in [0.2, 0.25) is 0 Å². The van der Waals surface area contributed by atoms with Crippen LogP contribution in [-0.2, 0) is 0 Å². The van der Waals surface area contributed by atoms with Gasteiger partial charge in [-0.25, -0.2) is 0 Å². The summed E-state index contributed by atoms with van der Waals surface area (Å²) in [7, 11) is 0. The van der Waals surface area contributed by atoms with Gasteiger partial charge in [0, 0.05) is 20.4 Å². The lowest BCUT2D eigenvalue weighted by Gasteiger charge is -2.05. The Morgan fingerprint density at radius 3 is 2.65 bits per heavy atom. The van der Waals surface area contributed by atoms with E-state index in [1.165, 1.54) is 0 Å². The molecule has 0 unspecified atom stereocenters. The van der Waals surface area contributed by atoms with Gasteiger partial charge in [-0.3, -0.25) is 9.67 Å². The molecule has 23 heavy (non-hydrogen) atoms. The van der Waals surface area contributed by atoms with Gasteiger partial charge in [-0.15, -0.1) is 0 Å². The Hall–Kier alpha value is -1.89. The minimum Gasteiger partial charge on any atom is -0.352 e. The van der Waals surface area contributed by atoms with Crippen LogP contribution >= 0.6 is 39.7 Å². The predicted molar refractivity (Wildman–Crippen MR) is 98.8 cm³/mol. The van der Waals surface area contributed by atoms with Crippen molar-refractivity contribution >= 4 is 50.7 Å². The van der Waals surface area contributed by atoms with E-state index in [4.69, 9.17) is 23.8 Å². The summed E-state index contributed by atoms with van der Waals surface area (Å²) < 4.78 is 3.45. The number of hydrogen-bond donors (Lipinski definition) is 2. The van der Waals surface area contributed by atoms with Crippen LogP contribution in [0.3, 0.4) is 0 Å². The summed E-state index contributed by atoms with van der Waals surface area (Å²) in [5.74, 6) is 0.727. The predicted octanol–water partition coefficient (Wildman–Crippen LogP) is 5.49. The zero-order valence-corrected chi connectivity index (χ0v) is 14.8. The van der Waals surface area contributed by atoms with Crippen LogP contribution in [0, 0.1) is 4.77 Å². The van der Waals surface area contributed by atoms with Gasteiger partial charge >= 0.3 is 0 Å². The average Bonchev–Trinajstić information content (AvgIpc) is 3.11. The normalized spacial score (nSPS) is 11.2. The van der Waals surface area contributed by atoms with Crippen molar-refractivity contribution in [3.8, 4) is 17.2 Å². The maximum absolute atomic E-state index is 6.06. The van der Waals surface area contributed by atoms with Crippen LogP contribution in [0.5, 0.6) is 0 Å². The van der Waals surface area contributed by atoms with Crippen LogP contribution in [0.15, 0.2) is 53.0 Å². The molecule has 2 aromatic heterocycles. The summed E-state index contributed by atoms with van der Waals surface area (Å²) in [5, 5.41) is 8.97. The maximum atomic E-state index is 6.06. The first-order valence-corrected chi connectivity index (χ1v) is 8.42. The summed E-state index contributed by atoms with van der Waals surface area (Å²) >= 11 is 14.9. The standard InChI is InChI=1S/C16H10BrClN4S/c17-10-1-4-12(5-2-10)22-15(20-21-16(22)23)14-8-9-7-11(18)3-6-13(9)19-14/h1-8,19H,(H,21,23). The summed E-state index contributed by atoms with van der Waals surface area (Å²) in [6, 6.07) is 15.7. The number of H-pyrrole nitrogens is 2. The molecule has 0 atom stereocenters. The van der Waals surface area contributed by atoms with E-state index in [1.807, 2.05) is 53.1 Å². The molecule has 4 rings (SSSR count). The van der Waals surface area contributed by atoms with E-state index in [9.17, 15) is 0 Å². The monoisotopic (exact) mass is 404 g/mol. The summed E-state index contributed by atoms with van der Waals surface area (Å²) in [6.07, 6.45) is 0. The molecule has 0 spiro atoms. The van der Waals surface area contributed by atoms with E-state index in [0.29, 0.717) is 9.79 Å². The lowest BCUT2D eigenvalue weighted by molar-refractivity contribution is 1.03. The largest absolute Gasteiger partial charge is 0.352 e. The van der Waals surface area contributed by atoms with Gasteiger partial charge in [0.25, 0.3) is 0 Å². The van der Waals surface area contributed by atoms with E-state index in [1.54, 1.807) is 0 Å². The molecule has 114 valence electrons. The van der Waals surface area contributed by atoms with Crippen molar-refractivity contribution in [1.29, 1.82) is 0 Å². The van der Waals surface area contributed by atoms with Gasteiger partial charge in [0.1, 0.15) is 0 Å². The van der Waals surface area contributed by atoms with Crippen molar-refractivity contribution in [3.63, 3.8) is 0 Å². The zero-order valence-electron chi connectivity index (χ0n) is 11.7. The number of nitrogens with zero attached hydrogens (tertiary/aromatic N) is 2. The minimum atomic E-state index is 0.541. The molecule has 0 bridgehead atoms. The first-order valence-electron chi connectivity index (χ1n) is 6.84. The number of aromatic amines is 2. The van der Waals surface area contributed by atoms with Gasteiger partial charge < -0.3 is 4.98 Å². The topological polar surface area (TPSA) is 49.4 Å². The number of nitrogens with one attached hydrogen (secondary N) is 2. The van der Waals surface area contributed by atoms with E-state index in [0.717, 1.165) is 32.6 Å². The number of fused-ring (bicyclic) bond motifs is 1. The van der Waals surface area contributed by atoms with Gasteiger partial charge in [-0.2, -0.15) is 5.10 Å². The Bertz CT molecular complexity index is 1060. The Morgan fingerprint density at radius 1 is 1.09 bits per heavy atom. The number of halogens is 2. The molecule has 2 heterocycles. The van der Waals surface area contributed by atoms with Crippen LogP contribution in [0.2, 0.25) is 5.02 Å². The molecule has 4 nitrogen and oxygen atoms in total. The smallest absolute Gasteiger partial charge is 0.200 e. The average molecular weight is 406 g/mol. The van der Waals surface area contributed by atoms with Crippen molar-refractivity contribution in [3.05, 3.63) is 62.8 Å².